The van der Waals surface area contributed by atoms with Crippen LogP contribution in [0.5, 0.6) is 0 Å². The van der Waals surface area contributed by atoms with Crippen LogP contribution in [0.15, 0.2) is 17.2 Å². The highest BCUT2D eigenvalue weighted by atomic mass is 32.2. The molecule has 138 valence electrons. The molecule has 6 nitrogen and oxygen atoms in total. The van der Waals surface area contributed by atoms with E-state index < -0.39 is 0 Å². The van der Waals surface area contributed by atoms with E-state index in [4.69, 9.17) is 0 Å². The van der Waals surface area contributed by atoms with Crippen LogP contribution in [0.3, 0.4) is 0 Å². The van der Waals surface area contributed by atoms with Crippen LogP contribution in [0, 0.1) is 0 Å². The molecule has 0 atom stereocenters. The number of anilines is 1. The molecule has 7 heteroatoms. The van der Waals surface area contributed by atoms with Gasteiger partial charge in [-0.2, -0.15) is 5.10 Å². The summed E-state index contributed by atoms with van der Waals surface area (Å²) in [7, 11) is 3.82. The fraction of sp³-hybridized carbons (Fsp3) is 0.474. The predicted molar refractivity (Wildman–Crippen MR) is 104 cm³/mol. The lowest BCUT2D eigenvalue weighted by atomic mass is 9.99. The Morgan fingerprint density at radius 2 is 1.85 bits per heavy atom. The van der Waals surface area contributed by atoms with Crippen molar-refractivity contribution in [2.75, 3.05) is 12.4 Å². The summed E-state index contributed by atoms with van der Waals surface area (Å²) >= 11 is 1.25. The zero-order valence-corrected chi connectivity index (χ0v) is 16.1. The summed E-state index contributed by atoms with van der Waals surface area (Å²) in [6.07, 6.45) is 6.78. The Hall–Kier alpha value is -1.99. The van der Waals surface area contributed by atoms with E-state index >= 15 is 0 Å². The van der Waals surface area contributed by atoms with Gasteiger partial charge in [0, 0.05) is 31.2 Å². The molecule has 0 bridgehead atoms. The lowest BCUT2D eigenvalue weighted by Crippen LogP contribution is -2.24. The third-order valence-electron chi connectivity index (χ3n) is 5.27. The summed E-state index contributed by atoms with van der Waals surface area (Å²) in [5, 5.41) is 11.5. The molecule has 0 fully saturated rings. The van der Waals surface area contributed by atoms with Gasteiger partial charge in [-0.1, -0.05) is 6.07 Å². The number of urea groups is 1. The van der Waals surface area contributed by atoms with Crippen molar-refractivity contribution in [3.63, 3.8) is 0 Å². The number of carbonyl (C=O) groups excluding carboxylic acids is 1. The highest BCUT2D eigenvalue weighted by molar-refractivity contribution is 7.97. The molecule has 26 heavy (non-hydrogen) atoms. The Kier molecular flexibility index (Phi) is 4.91. The molecule has 0 spiro atoms. The highest BCUT2D eigenvalue weighted by Gasteiger charge is 2.25. The Labute approximate surface area is 158 Å². The number of hydrogen-bond acceptors (Lipinski definition) is 4. The molecular weight excluding hydrogens is 346 g/mol. The molecule has 2 aliphatic carbocycles. The molecule has 4 rings (SSSR count). The number of benzene rings is 1. The van der Waals surface area contributed by atoms with Crippen molar-refractivity contribution in [1.82, 2.24) is 19.8 Å². The van der Waals surface area contributed by atoms with Gasteiger partial charge < -0.3 is 10.6 Å². The second-order valence-corrected chi connectivity index (χ2v) is 7.85. The third kappa shape index (κ3) is 3.33. The second kappa shape index (κ2) is 7.32. The number of nitrogens with one attached hydrogen (secondary N) is 3. The second-order valence-electron chi connectivity index (χ2n) is 7.02. The first kappa shape index (κ1) is 17.4. The van der Waals surface area contributed by atoms with Crippen LogP contribution in [-0.4, -0.2) is 22.9 Å². The molecule has 0 saturated carbocycles. The van der Waals surface area contributed by atoms with Gasteiger partial charge in [-0.3, -0.25) is 9.40 Å². The average molecular weight is 372 g/mol. The summed E-state index contributed by atoms with van der Waals surface area (Å²) in [4.78, 5) is 12.5. The molecule has 0 unspecified atom stereocenters. The Balaban J connectivity index is 1.45. The van der Waals surface area contributed by atoms with Gasteiger partial charge in [0.1, 0.15) is 5.03 Å². The molecule has 2 aliphatic rings. The largest absolute Gasteiger partial charge is 0.329 e. The molecule has 2 aromatic rings. The average Bonchev–Trinajstić information content (AvgIpc) is 3.33. The first-order chi connectivity index (χ1) is 12.7. The van der Waals surface area contributed by atoms with Crippen molar-refractivity contribution >= 4 is 23.7 Å². The van der Waals surface area contributed by atoms with Crippen LogP contribution >= 0.6 is 11.9 Å². The molecule has 1 aromatic carbocycles. The van der Waals surface area contributed by atoms with Crippen LogP contribution in [-0.2, 0) is 39.3 Å². The standard InChI is InChI=1S/C19H25N5OS/c1-20-11-14-10-17(22-24(14)2)26-23-19(25)21-18-15-7-3-5-12(15)9-13-6-4-8-16(13)18/h9-10,20H,3-8,11H2,1-2H3,(H2,21,23,25). The van der Waals surface area contributed by atoms with E-state index in [1.807, 2.05) is 24.8 Å². The zero-order chi connectivity index (χ0) is 18.1. The summed E-state index contributed by atoms with van der Waals surface area (Å²) < 4.78 is 4.71. The van der Waals surface area contributed by atoms with Crippen molar-refractivity contribution < 1.29 is 4.79 Å². The smallest absolute Gasteiger partial charge is 0.314 e. The quantitative estimate of drug-likeness (QED) is 0.707. The Morgan fingerprint density at radius 1 is 1.15 bits per heavy atom. The Morgan fingerprint density at radius 3 is 2.50 bits per heavy atom. The Bertz CT molecular complexity index is 813. The van der Waals surface area contributed by atoms with Crippen LogP contribution in [0.1, 0.15) is 40.8 Å². The molecule has 2 amide bonds. The molecule has 1 heterocycles. The number of carbonyl (C=O) groups is 1. The molecule has 3 N–H and O–H groups in total. The number of amides is 2. The zero-order valence-electron chi connectivity index (χ0n) is 15.3. The number of aromatic nitrogens is 2. The summed E-state index contributed by atoms with van der Waals surface area (Å²) in [6, 6.07) is 4.18. The summed E-state index contributed by atoms with van der Waals surface area (Å²) in [6.45, 7) is 0.749. The molecular formula is C19H25N5OS. The van der Waals surface area contributed by atoms with E-state index in [1.165, 1.54) is 47.0 Å². The van der Waals surface area contributed by atoms with Gasteiger partial charge in [-0.05, 0) is 73.9 Å². The maximum Gasteiger partial charge on any atom is 0.329 e. The van der Waals surface area contributed by atoms with Crippen molar-refractivity contribution in [3.8, 4) is 0 Å². The molecule has 0 saturated heterocycles. The van der Waals surface area contributed by atoms with Gasteiger partial charge in [-0.25, -0.2) is 4.79 Å². The highest BCUT2D eigenvalue weighted by Crippen LogP contribution is 2.38. The van der Waals surface area contributed by atoms with Gasteiger partial charge in [0.15, 0.2) is 0 Å². The van der Waals surface area contributed by atoms with Gasteiger partial charge in [0.05, 0.1) is 5.69 Å². The van der Waals surface area contributed by atoms with Crippen LogP contribution in [0.2, 0.25) is 0 Å². The van der Waals surface area contributed by atoms with Gasteiger partial charge >= 0.3 is 6.03 Å². The van der Waals surface area contributed by atoms with Gasteiger partial charge in [0.2, 0.25) is 0 Å². The van der Waals surface area contributed by atoms with Crippen LogP contribution in [0.25, 0.3) is 0 Å². The molecule has 0 aliphatic heterocycles. The van der Waals surface area contributed by atoms with E-state index in [2.05, 4.69) is 26.5 Å². The molecule has 1 aromatic heterocycles. The summed E-state index contributed by atoms with van der Waals surface area (Å²) in [5.41, 5.74) is 7.70. The minimum absolute atomic E-state index is 0.176. The fourth-order valence-corrected chi connectivity index (χ4v) is 4.68. The predicted octanol–water partition coefficient (Wildman–Crippen LogP) is 2.95. The summed E-state index contributed by atoms with van der Waals surface area (Å²) in [5.74, 6) is 0. The van der Waals surface area contributed by atoms with Crippen molar-refractivity contribution in [2.24, 2.45) is 7.05 Å². The van der Waals surface area contributed by atoms with E-state index in [0.717, 1.165) is 48.6 Å². The monoisotopic (exact) mass is 371 g/mol. The van der Waals surface area contributed by atoms with Crippen LogP contribution in [0.4, 0.5) is 10.5 Å². The lowest BCUT2D eigenvalue weighted by molar-refractivity contribution is 0.257. The topological polar surface area (TPSA) is 71.0 Å². The first-order valence-corrected chi connectivity index (χ1v) is 10.0. The number of aryl methyl sites for hydroxylation is 3. The van der Waals surface area contributed by atoms with E-state index in [1.54, 1.807) is 0 Å². The van der Waals surface area contributed by atoms with Crippen molar-refractivity contribution in [1.29, 1.82) is 0 Å². The minimum atomic E-state index is -0.176. The number of fused-ring (bicyclic) bond motifs is 2. The van der Waals surface area contributed by atoms with Gasteiger partial charge in [-0.15, -0.1) is 0 Å². The van der Waals surface area contributed by atoms with Gasteiger partial charge in [0.25, 0.3) is 0 Å². The van der Waals surface area contributed by atoms with E-state index in [0.29, 0.717) is 0 Å². The van der Waals surface area contributed by atoms with E-state index in [-0.39, 0.29) is 6.03 Å². The van der Waals surface area contributed by atoms with Crippen LogP contribution < -0.4 is 15.4 Å². The maximum atomic E-state index is 12.5. The van der Waals surface area contributed by atoms with E-state index in [9.17, 15) is 4.79 Å². The normalized spacial score (nSPS) is 15.0. The third-order valence-corrected chi connectivity index (χ3v) is 5.97. The maximum absolute atomic E-state index is 12.5. The molecule has 0 radical (unpaired) electrons. The number of nitrogens with zero attached hydrogens (tertiary/aromatic N) is 2. The number of rotatable bonds is 5. The SMILES string of the molecule is CNCc1cc(SNC(=O)Nc2c3c(cc4c2CCC4)CCC3)nn1C. The van der Waals surface area contributed by atoms with Crippen molar-refractivity contribution in [3.05, 3.63) is 40.1 Å². The fourth-order valence-electron chi connectivity index (χ4n) is 4.08. The first-order valence-electron chi connectivity index (χ1n) is 9.23. The minimum Gasteiger partial charge on any atom is -0.314 e. The van der Waals surface area contributed by atoms with Crippen molar-refractivity contribution in [2.45, 2.75) is 50.1 Å². The lowest BCUT2D eigenvalue weighted by Gasteiger charge is -2.16. The number of hydrogen-bond donors (Lipinski definition) is 3.